The van der Waals surface area contributed by atoms with Gasteiger partial charge in [0.2, 0.25) is 5.88 Å². The molecule has 0 spiro atoms. The van der Waals surface area contributed by atoms with E-state index < -0.39 is 47.0 Å². The van der Waals surface area contributed by atoms with Gasteiger partial charge in [0.15, 0.2) is 5.69 Å². The molecule has 2 nitrogen and oxygen atoms in total. The minimum Gasteiger partial charge on any atom is -0.387 e. The van der Waals surface area contributed by atoms with Gasteiger partial charge in [-0.3, -0.25) is 0 Å². The van der Waals surface area contributed by atoms with Gasteiger partial charge in [0.25, 0.3) is 6.43 Å². The van der Waals surface area contributed by atoms with Crippen molar-refractivity contribution in [1.29, 1.82) is 0 Å². The van der Waals surface area contributed by atoms with Gasteiger partial charge < -0.3 is 4.74 Å². The molecular formula is C9H4BrF8NO. The quantitative estimate of drug-likeness (QED) is 0.559. The van der Waals surface area contributed by atoms with E-state index in [4.69, 9.17) is 0 Å². The molecule has 20 heavy (non-hydrogen) atoms. The summed E-state index contributed by atoms with van der Waals surface area (Å²) in [5.74, 6) is -1.82. The minimum absolute atomic E-state index is 0.274. The van der Waals surface area contributed by atoms with Crippen LogP contribution in [-0.4, -0.2) is 11.3 Å². The lowest BCUT2D eigenvalue weighted by molar-refractivity contribution is -0.277. The van der Waals surface area contributed by atoms with Crippen LogP contribution < -0.4 is 4.74 Å². The lowest BCUT2D eigenvalue weighted by Gasteiger charge is -2.16. The molecule has 0 aliphatic heterocycles. The van der Waals surface area contributed by atoms with Crippen LogP contribution in [-0.2, 0) is 11.5 Å². The molecule has 0 amide bonds. The van der Waals surface area contributed by atoms with Gasteiger partial charge in [0, 0.05) is 5.33 Å². The molecule has 0 aliphatic rings. The summed E-state index contributed by atoms with van der Waals surface area (Å²) < 4.78 is 102. The Morgan fingerprint density at radius 3 is 2.05 bits per heavy atom. The Labute approximate surface area is 114 Å². The molecule has 0 radical (unpaired) electrons. The summed E-state index contributed by atoms with van der Waals surface area (Å²) in [6.07, 6.45) is -14.0. The van der Waals surface area contributed by atoms with Crippen LogP contribution in [0.15, 0.2) is 6.07 Å². The van der Waals surface area contributed by atoms with Crippen LogP contribution in [0.2, 0.25) is 0 Å². The highest BCUT2D eigenvalue weighted by Crippen LogP contribution is 2.38. The first-order chi connectivity index (χ1) is 8.95. The maximum absolute atomic E-state index is 12.6. The molecule has 0 bridgehead atoms. The lowest BCUT2D eigenvalue weighted by atomic mass is 10.1. The molecule has 0 aromatic carbocycles. The van der Waals surface area contributed by atoms with Crippen molar-refractivity contribution < 1.29 is 39.9 Å². The molecule has 11 heteroatoms. The first-order valence-corrected chi connectivity index (χ1v) is 5.78. The van der Waals surface area contributed by atoms with Crippen molar-refractivity contribution in [1.82, 2.24) is 4.98 Å². The van der Waals surface area contributed by atoms with Crippen molar-refractivity contribution in [3.8, 4) is 5.88 Å². The molecule has 0 saturated heterocycles. The fourth-order valence-corrected chi connectivity index (χ4v) is 1.68. The van der Waals surface area contributed by atoms with Crippen molar-refractivity contribution >= 4 is 15.9 Å². The molecule has 1 aromatic heterocycles. The van der Waals surface area contributed by atoms with Gasteiger partial charge >= 0.3 is 12.5 Å². The standard InChI is InChI=1S/C9H4BrF8NO/c10-2-3-1-4(6(11)12)7(20-9(16,17)18)19-5(3)8(13,14)15/h1,6H,2H2. The number of aromatic nitrogens is 1. The third kappa shape index (κ3) is 4.18. The Morgan fingerprint density at radius 1 is 1.15 bits per heavy atom. The second-order valence-corrected chi connectivity index (χ2v) is 3.93. The van der Waals surface area contributed by atoms with Crippen LogP contribution in [0, 0.1) is 0 Å². The summed E-state index contributed by atoms with van der Waals surface area (Å²) in [6, 6.07) is 0.274. The SMILES string of the molecule is FC(F)c1cc(CBr)c(C(F)(F)F)nc1OC(F)(F)F. The molecular weight excluding hydrogens is 370 g/mol. The number of pyridine rings is 1. The van der Waals surface area contributed by atoms with Crippen LogP contribution in [0.4, 0.5) is 35.1 Å². The zero-order chi connectivity index (χ0) is 15.7. The Bertz CT molecular complexity index is 484. The van der Waals surface area contributed by atoms with Gasteiger partial charge in [-0.25, -0.2) is 13.8 Å². The molecule has 1 rings (SSSR count). The van der Waals surface area contributed by atoms with Crippen molar-refractivity contribution in [3.05, 3.63) is 22.9 Å². The van der Waals surface area contributed by atoms with Crippen LogP contribution >= 0.6 is 15.9 Å². The topological polar surface area (TPSA) is 22.1 Å². The number of ether oxygens (including phenoxy) is 1. The average Bonchev–Trinajstić information content (AvgIpc) is 2.24. The largest absolute Gasteiger partial charge is 0.574 e. The van der Waals surface area contributed by atoms with E-state index in [1.54, 1.807) is 0 Å². The van der Waals surface area contributed by atoms with Crippen molar-refractivity contribution in [2.75, 3.05) is 0 Å². The molecule has 0 atom stereocenters. The maximum atomic E-state index is 12.6. The molecule has 0 N–H and O–H groups in total. The average molecular weight is 374 g/mol. The smallest absolute Gasteiger partial charge is 0.387 e. The van der Waals surface area contributed by atoms with Gasteiger partial charge in [-0.2, -0.15) is 13.2 Å². The van der Waals surface area contributed by atoms with Gasteiger partial charge in [-0.15, -0.1) is 13.2 Å². The molecule has 114 valence electrons. The molecule has 0 saturated carbocycles. The highest BCUT2D eigenvalue weighted by atomic mass is 79.9. The number of hydrogen-bond acceptors (Lipinski definition) is 2. The number of alkyl halides is 9. The third-order valence-electron chi connectivity index (χ3n) is 1.95. The van der Waals surface area contributed by atoms with Gasteiger partial charge in [-0.05, 0) is 11.6 Å². The summed E-state index contributed by atoms with van der Waals surface area (Å²) in [4.78, 5) is 2.54. The highest BCUT2D eigenvalue weighted by molar-refractivity contribution is 9.08. The first-order valence-electron chi connectivity index (χ1n) is 4.66. The van der Waals surface area contributed by atoms with Crippen LogP contribution in [0.1, 0.15) is 23.2 Å². The molecule has 0 fully saturated rings. The third-order valence-corrected chi connectivity index (χ3v) is 2.56. The van der Waals surface area contributed by atoms with Gasteiger partial charge in [0.05, 0.1) is 5.56 Å². The summed E-state index contributed by atoms with van der Waals surface area (Å²) in [6.45, 7) is 0. The van der Waals surface area contributed by atoms with E-state index in [9.17, 15) is 35.1 Å². The number of nitrogens with zero attached hydrogens (tertiary/aromatic N) is 1. The van der Waals surface area contributed by atoms with Crippen LogP contribution in [0.3, 0.4) is 0 Å². The summed E-state index contributed by atoms with van der Waals surface area (Å²) in [5, 5.41) is -0.513. The highest BCUT2D eigenvalue weighted by Gasteiger charge is 2.40. The summed E-state index contributed by atoms with van der Waals surface area (Å²) >= 11 is 2.62. The van der Waals surface area contributed by atoms with Crippen molar-refractivity contribution in [2.24, 2.45) is 0 Å². The monoisotopic (exact) mass is 373 g/mol. The van der Waals surface area contributed by atoms with Crippen LogP contribution in [0.5, 0.6) is 5.88 Å². The van der Waals surface area contributed by atoms with Gasteiger partial charge in [-0.1, -0.05) is 15.9 Å². The zero-order valence-corrected chi connectivity index (χ0v) is 10.7. The predicted octanol–water partition coefficient (Wildman–Crippen LogP) is 4.83. The Morgan fingerprint density at radius 2 is 1.70 bits per heavy atom. The van der Waals surface area contributed by atoms with Crippen LogP contribution in [0.25, 0.3) is 0 Å². The summed E-state index contributed by atoms with van der Waals surface area (Å²) in [5.41, 5.74) is -3.81. The number of rotatable bonds is 3. The second kappa shape index (κ2) is 5.70. The van der Waals surface area contributed by atoms with Crippen molar-refractivity contribution in [3.63, 3.8) is 0 Å². The van der Waals surface area contributed by atoms with E-state index in [1.165, 1.54) is 0 Å². The number of hydrogen-bond donors (Lipinski definition) is 0. The molecule has 0 unspecified atom stereocenters. The second-order valence-electron chi connectivity index (χ2n) is 3.37. The van der Waals surface area contributed by atoms with E-state index >= 15 is 0 Å². The van der Waals surface area contributed by atoms with E-state index in [0.717, 1.165) is 0 Å². The molecule has 1 aromatic rings. The zero-order valence-electron chi connectivity index (χ0n) is 9.12. The molecule has 1 heterocycles. The lowest BCUT2D eigenvalue weighted by Crippen LogP contribution is -2.21. The maximum Gasteiger partial charge on any atom is 0.574 e. The van der Waals surface area contributed by atoms with E-state index in [-0.39, 0.29) is 6.07 Å². The predicted molar refractivity (Wildman–Crippen MR) is 53.5 cm³/mol. The summed E-state index contributed by atoms with van der Waals surface area (Å²) in [7, 11) is 0. The Hall–Kier alpha value is -1.13. The Kier molecular flexibility index (Phi) is 4.82. The fourth-order valence-electron chi connectivity index (χ4n) is 1.25. The van der Waals surface area contributed by atoms with E-state index in [1.807, 2.05) is 0 Å². The van der Waals surface area contributed by atoms with Gasteiger partial charge in [0.1, 0.15) is 0 Å². The van der Waals surface area contributed by atoms with E-state index in [2.05, 4.69) is 25.7 Å². The number of halogens is 9. The minimum atomic E-state index is -5.44. The van der Waals surface area contributed by atoms with E-state index in [0.29, 0.717) is 0 Å². The normalized spacial score (nSPS) is 12.9. The Balaban J connectivity index is 3.47. The molecule has 0 aliphatic carbocycles. The van der Waals surface area contributed by atoms with Crippen molar-refractivity contribution in [2.45, 2.75) is 24.3 Å². The first kappa shape index (κ1) is 16.9. The fraction of sp³-hybridized carbons (Fsp3) is 0.444.